The van der Waals surface area contributed by atoms with Crippen LogP contribution in [0, 0.1) is 11.6 Å². The summed E-state index contributed by atoms with van der Waals surface area (Å²) in [5.41, 5.74) is 3.26. The van der Waals surface area contributed by atoms with E-state index < -0.39 is 59.4 Å². The van der Waals surface area contributed by atoms with Gasteiger partial charge in [-0.3, -0.25) is 14.6 Å². The first kappa shape index (κ1) is 24.4. The number of aromatic nitrogens is 1. The number of carbonyl (C=O) groups excluding carboxylic acids is 2. The number of amides is 2. The summed E-state index contributed by atoms with van der Waals surface area (Å²) in [6.45, 7) is 1.19. The van der Waals surface area contributed by atoms with Gasteiger partial charge >= 0.3 is 6.18 Å². The molecule has 1 saturated heterocycles. The van der Waals surface area contributed by atoms with Crippen molar-refractivity contribution in [1.82, 2.24) is 4.98 Å². The molecule has 3 atom stereocenters. The molecule has 2 heterocycles. The lowest BCUT2D eigenvalue weighted by Crippen LogP contribution is -2.36. The van der Waals surface area contributed by atoms with Gasteiger partial charge in [0, 0.05) is 23.4 Å². The fraction of sp³-hybridized carbons (Fsp3) is 0.381. The van der Waals surface area contributed by atoms with Gasteiger partial charge in [-0.1, -0.05) is 6.07 Å². The van der Waals surface area contributed by atoms with Crippen LogP contribution in [-0.4, -0.2) is 41.8 Å². The highest BCUT2D eigenvalue weighted by molar-refractivity contribution is 5.97. The fourth-order valence-corrected chi connectivity index (χ4v) is 3.96. The van der Waals surface area contributed by atoms with Crippen molar-refractivity contribution in [3.63, 3.8) is 0 Å². The molecular weight excluding hydrogens is 453 g/mol. The highest BCUT2D eigenvalue weighted by Crippen LogP contribution is 2.49. The minimum absolute atomic E-state index is 0.0185. The molecule has 2 amide bonds. The number of nitrogens with two attached hydrogens (primary N) is 1. The lowest BCUT2D eigenvalue weighted by Gasteiger charge is -2.25. The van der Waals surface area contributed by atoms with Crippen LogP contribution in [0.3, 0.4) is 0 Å². The highest BCUT2D eigenvalue weighted by atomic mass is 19.4. The second-order valence-electron chi connectivity index (χ2n) is 7.86. The van der Waals surface area contributed by atoms with Gasteiger partial charge < -0.3 is 20.5 Å². The molecule has 0 unspecified atom stereocenters. The number of nitrogens with one attached hydrogen (secondary N) is 1. The summed E-state index contributed by atoms with van der Waals surface area (Å²) in [7, 11) is 1.07. The molecule has 1 aliphatic rings. The quantitative estimate of drug-likeness (QED) is 0.623. The third-order valence-corrected chi connectivity index (χ3v) is 5.23. The van der Waals surface area contributed by atoms with Crippen LogP contribution in [0.1, 0.15) is 41.7 Å². The molecule has 33 heavy (non-hydrogen) atoms. The summed E-state index contributed by atoms with van der Waals surface area (Å²) in [5.74, 6) is -5.90. The average molecular weight is 473 g/mol. The van der Waals surface area contributed by atoms with Crippen LogP contribution in [0.25, 0.3) is 0 Å². The smallest absolute Gasteiger partial charge is 0.391 e. The van der Waals surface area contributed by atoms with Gasteiger partial charge in [0.1, 0.15) is 11.8 Å². The molecule has 2 aromatic rings. The van der Waals surface area contributed by atoms with E-state index in [1.165, 1.54) is 25.3 Å². The second-order valence-corrected chi connectivity index (χ2v) is 7.86. The maximum absolute atomic E-state index is 14.3. The summed E-state index contributed by atoms with van der Waals surface area (Å²) in [5, 5.41) is 2.44. The molecule has 7 nitrogen and oxygen atoms in total. The molecule has 1 fully saturated rings. The Kier molecular flexibility index (Phi) is 6.59. The number of primary amides is 1. The number of alkyl halides is 3. The molecule has 3 rings (SSSR count). The number of hydrogen-bond acceptors (Lipinski definition) is 5. The minimum atomic E-state index is -4.61. The van der Waals surface area contributed by atoms with E-state index in [1.807, 2.05) is 0 Å². The molecule has 3 N–H and O–H groups in total. The monoisotopic (exact) mass is 473 g/mol. The lowest BCUT2D eigenvalue weighted by atomic mass is 9.84. The molecule has 0 saturated carbocycles. The third kappa shape index (κ3) is 5.38. The van der Waals surface area contributed by atoms with E-state index in [1.54, 1.807) is 0 Å². The molecular formula is C21H20F5N3O4. The Morgan fingerprint density at radius 2 is 2.00 bits per heavy atom. The Bertz CT molecular complexity index is 1080. The van der Waals surface area contributed by atoms with Crippen LogP contribution in [-0.2, 0) is 9.53 Å². The molecule has 1 aromatic carbocycles. The van der Waals surface area contributed by atoms with Crippen LogP contribution < -0.4 is 15.8 Å². The van der Waals surface area contributed by atoms with Crippen molar-refractivity contribution in [2.24, 2.45) is 5.73 Å². The zero-order valence-corrected chi connectivity index (χ0v) is 17.5. The molecule has 1 aromatic heterocycles. The molecule has 0 radical (unpaired) electrons. The predicted molar refractivity (Wildman–Crippen MR) is 106 cm³/mol. The Morgan fingerprint density at radius 1 is 1.30 bits per heavy atom. The topological polar surface area (TPSA) is 104 Å². The first-order valence-electron chi connectivity index (χ1n) is 9.67. The first-order valence-corrected chi connectivity index (χ1v) is 9.67. The van der Waals surface area contributed by atoms with E-state index in [0.29, 0.717) is 0 Å². The lowest BCUT2D eigenvalue weighted by molar-refractivity contribution is -0.182. The summed E-state index contributed by atoms with van der Waals surface area (Å²) in [4.78, 5) is 28.1. The Hall–Kier alpha value is -3.28. The van der Waals surface area contributed by atoms with Crippen LogP contribution in [0.5, 0.6) is 5.75 Å². The van der Waals surface area contributed by atoms with Crippen LogP contribution >= 0.6 is 0 Å². The minimum Gasteiger partial charge on any atom is -0.493 e. The first-order chi connectivity index (χ1) is 15.3. The second kappa shape index (κ2) is 8.93. The summed E-state index contributed by atoms with van der Waals surface area (Å²) in [6.07, 6.45) is -6.61. The molecule has 0 spiro atoms. The number of hydrogen-bond donors (Lipinski definition) is 2. The van der Waals surface area contributed by atoms with Gasteiger partial charge in [0.2, 0.25) is 5.82 Å². The maximum Gasteiger partial charge on any atom is 0.391 e. The van der Waals surface area contributed by atoms with E-state index >= 15 is 0 Å². The van der Waals surface area contributed by atoms with Gasteiger partial charge in [-0.25, -0.2) is 4.39 Å². The van der Waals surface area contributed by atoms with Gasteiger partial charge in [0.15, 0.2) is 11.6 Å². The third-order valence-electron chi connectivity index (χ3n) is 5.23. The number of anilines is 1. The van der Waals surface area contributed by atoms with E-state index in [4.69, 9.17) is 15.2 Å². The van der Waals surface area contributed by atoms with Gasteiger partial charge in [0.05, 0.1) is 19.1 Å². The fourth-order valence-electron chi connectivity index (χ4n) is 3.96. The van der Waals surface area contributed by atoms with Gasteiger partial charge in [-0.05, 0) is 31.5 Å². The summed E-state index contributed by atoms with van der Waals surface area (Å²) in [6, 6.07) is 4.45. The summed E-state index contributed by atoms with van der Waals surface area (Å²) < 4.78 is 78.0. The number of carbonyl (C=O) groups is 2. The van der Waals surface area contributed by atoms with Gasteiger partial charge in [0.25, 0.3) is 11.8 Å². The maximum atomic E-state index is 14.3. The zero-order chi connectivity index (χ0) is 24.6. The summed E-state index contributed by atoms with van der Waals surface area (Å²) >= 11 is 0. The number of pyridine rings is 1. The SMILES string of the molecule is COc1c([C@H]2C[C@](C)(CC(F)(F)F)O[C@H]2C(=O)Nc2ccnc(C(N)=O)c2)ccc(F)c1F. The van der Waals surface area contributed by atoms with Crippen molar-refractivity contribution in [3.05, 3.63) is 53.4 Å². The largest absolute Gasteiger partial charge is 0.493 e. The molecule has 1 aliphatic heterocycles. The van der Waals surface area contributed by atoms with E-state index in [2.05, 4.69) is 10.3 Å². The van der Waals surface area contributed by atoms with Crippen LogP contribution in [0.15, 0.2) is 30.5 Å². The predicted octanol–water partition coefficient (Wildman–Crippen LogP) is 3.69. The van der Waals surface area contributed by atoms with Crippen molar-refractivity contribution >= 4 is 17.5 Å². The van der Waals surface area contributed by atoms with E-state index in [9.17, 15) is 31.5 Å². The van der Waals surface area contributed by atoms with Gasteiger partial charge in [-0.2, -0.15) is 17.6 Å². The number of ether oxygens (including phenoxy) is 2. The molecule has 0 bridgehead atoms. The number of nitrogens with zero attached hydrogens (tertiary/aromatic N) is 1. The van der Waals surface area contributed by atoms with Crippen molar-refractivity contribution in [3.8, 4) is 5.75 Å². The normalized spacial score (nSPS) is 22.8. The van der Waals surface area contributed by atoms with Crippen molar-refractivity contribution in [2.45, 2.75) is 43.6 Å². The molecule has 178 valence electrons. The van der Waals surface area contributed by atoms with Crippen LogP contribution in [0.4, 0.5) is 27.6 Å². The molecule has 0 aliphatic carbocycles. The standard InChI is InChI=1S/C21H20F5N3O4/c1-20(9-21(24,25)26)8-12(11-3-4-13(22)15(23)16(11)32-2)17(33-20)19(31)29-10-5-6-28-14(7-10)18(27)30/h3-7,12,17H,8-9H2,1-2H3,(H2,27,30)(H,28,29,31)/t12-,17-,20-/m1/s1. The number of halogens is 5. The Balaban J connectivity index is 1.99. The van der Waals surface area contributed by atoms with Crippen LogP contribution in [0.2, 0.25) is 0 Å². The Labute approximate surface area is 185 Å². The van der Waals surface area contributed by atoms with Crippen molar-refractivity contribution in [1.29, 1.82) is 0 Å². The highest BCUT2D eigenvalue weighted by Gasteiger charge is 2.52. The van der Waals surface area contributed by atoms with E-state index in [-0.39, 0.29) is 23.4 Å². The van der Waals surface area contributed by atoms with E-state index in [0.717, 1.165) is 19.2 Å². The average Bonchev–Trinajstić information content (AvgIpc) is 3.05. The van der Waals surface area contributed by atoms with Crippen molar-refractivity contribution < 1.29 is 41.0 Å². The number of rotatable bonds is 6. The molecule has 12 heteroatoms. The number of benzene rings is 1. The zero-order valence-electron chi connectivity index (χ0n) is 17.5. The Morgan fingerprint density at radius 3 is 2.61 bits per heavy atom. The van der Waals surface area contributed by atoms with Crippen molar-refractivity contribution in [2.75, 3.05) is 12.4 Å². The van der Waals surface area contributed by atoms with Gasteiger partial charge in [-0.15, -0.1) is 0 Å². The number of methoxy groups -OCH3 is 1.